The van der Waals surface area contributed by atoms with E-state index in [1.54, 1.807) is 18.2 Å². The summed E-state index contributed by atoms with van der Waals surface area (Å²) in [6, 6.07) is 7.91. The maximum Gasteiger partial charge on any atom is 0.323 e. The molecule has 2 aromatic carbocycles. The molecule has 23 heavy (non-hydrogen) atoms. The number of hydrogen-bond donors (Lipinski definition) is 2. The lowest BCUT2D eigenvalue weighted by atomic mass is 9.93. The van der Waals surface area contributed by atoms with Crippen molar-refractivity contribution in [2.24, 2.45) is 0 Å². The van der Waals surface area contributed by atoms with E-state index in [9.17, 15) is 19.2 Å². The quantitative estimate of drug-likeness (QED) is 0.835. The Hall–Kier alpha value is -3.22. The Labute approximate surface area is 130 Å². The van der Waals surface area contributed by atoms with E-state index in [4.69, 9.17) is 5.11 Å². The van der Waals surface area contributed by atoms with Crippen LogP contribution >= 0.6 is 0 Å². The Bertz CT molecular complexity index is 865. The first-order chi connectivity index (χ1) is 10.9. The van der Waals surface area contributed by atoms with Crippen LogP contribution in [0.25, 0.3) is 10.8 Å². The molecule has 0 atom stereocenters. The highest BCUT2D eigenvalue weighted by Gasteiger charge is 2.34. The first-order valence-corrected chi connectivity index (χ1v) is 6.81. The molecule has 0 spiro atoms. The van der Waals surface area contributed by atoms with Gasteiger partial charge in [0.2, 0.25) is 5.91 Å². The van der Waals surface area contributed by atoms with Gasteiger partial charge in [-0.05, 0) is 18.2 Å². The minimum Gasteiger partial charge on any atom is -0.480 e. The van der Waals surface area contributed by atoms with E-state index in [1.807, 2.05) is 0 Å². The van der Waals surface area contributed by atoms with Gasteiger partial charge >= 0.3 is 5.97 Å². The molecule has 3 amide bonds. The van der Waals surface area contributed by atoms with Crippen LogP contribution in [0.1, 0.15) is 27.6 Å². The standard InChI is InChI=1S/C16H12N2O5/c1-8(19)17-12-6-5-11-14-9(12)3-2-4-10(14)15(22)18(16(11)23)7-13(20)21/h2-6H,7H2,1H3,(H,17,19)(H,20,21). The molecule has 0 fully saturated rings. The van der Waals surface area contributed by atoms with E-state index >= 15 is 0 Å². The van der Waals surface area contributed by atoms with Gasteiger partial charge in [0.25, 0.3) is 11.8 Å². The van der Waals surface area contributed by atoms with Crippen LogP contribution in [-0.2, 0) is 9.59 Å². The zero-order chi connectivity index (χ0) is 16.7. The molecule has 7 nitrogen and oxygen atoms in total. The highest BCUT2D eigenvalue weighted by atomic mass is 16.4. The minimum absolute atomic E-state index is 0.241. The minimum atomic E-state index is -1.27. The zero-order valence-electron chi connectivity index (χ0n) is 12.1. The highest BCUT2D eigenvalue weighted by molar-refractivity contribution is 6.27. The van der Waals surface area contributed by atoms with E-state index in [1.165, 1.54) is 19.1 Å². The van der Waals surface area contributed by atoms with Crippen molar-refractivity contribution in [1.82, 2.24) is 4.90 Å². The number of imide groups is 1. The summed E-state index contributed by atoms with van der Waals surface area (Å²) in [5, 5.41) is 12.5. The molecule has 1 aliphatic rings. The Morgan fingerprint density at radius 1 is 1.09 bits per heavy atom. The van der Waals surface area contributed by atoms with Crippen molar-refractivity contribution in [3.8, 4) is 0 Å². The summed E-state index contributed by atoms with van der Waals surface area (Å²) in [6.07, 6.45) is 0. The number of rotatable bonds is 3. The molecule has 2 aromatic rings. The molecule has 0 saturated heterocycles. The molecule has 2 N–H and O–H groups in total. The fourth-order valence-corrected chi connectivity index (χ4v) is 2.72. The molecule has 0 unspecified atom stereocenters. The van der Waals surface area contributed by atoms with Crippen molar-refractivity contribution >= 4 is 40.2 Å². The Morgan fingerprint density at radius 3 is 2.35 bits per heavy atom. The lowest BCUT2D eigenvalue weighted by molar-refractivity contribution is -0.137. The van der Waals surface area contributed by atoms with Crippen LogP contribution < -0.4 is 5.32 Å². The van der Waals surface area contributed by atoms with E-state index < -0.39 is 24.3 Å². The van der Waals surface area contributed by atoms with Gasteiger partial charge in [0.1, 0.15) is 6.54 Å². The van der Waals surface area contributed by atoms with Gasteiger partial charge in [-0.25, -0.2) is 0 Å². The number of carbonyl (C=O) groups is 4. The van der Waals surface area contributed by atoms with Crippen molar-refractivity contribution < 1.29 is 24.3 Å². The fraction of sp³-hybridized carbons (Fsp3) is 0.125. The summed E-state index contributed by atoms with van der Waals surface area (Å²) in [6.45, 7) is 0.668. The molecule has 3 rings (SSSR count). The molecule has 1 heterocycles. The van der Waals surface area contributed by atoms with Gasteiger partial charge in [0, 0.05) is 34.5 Å². The molecule has 7 heteroatoms. The fourth-order valence-electron chi connectivity index (χ4n) is 2.72. The molecule has 116 valence electrons. The summed E-state index contributed by atoms with van der Waals surface area (Å²) in [5.41, 5.74) is 0.974. The van der Waals surface area contributed by atoms with Crippen LogP contribution in [0.15, 0.2) is 30.3 Å². The van der Waals surface area contributed by atoms with E-state index in [2.05, 4.69) is 5.32 Å². The maximum absolute atomic E-state index is 12.4. The molecule has 0 saturated carbocycles. The number of nitrogens with one attached hydrogen (secondary N) is 1. The van der Waals surface area contributed by atoms with Gasteiger partial charge in [0.15, 0.2) is 0 Å². The van der Waals surface area contributed by atoms with Gasteiger partial charge in [-0.1, -0.05) is 12.1 Å². The predicted molar refractivity (Wildman–Crippen MR) is 81.3 cm³/mol. The van der Waals surface area contributed by atoms with Crippen molar-refractivity contribution in [3.63, 3.8) is 0 Å². The summed E-state index contributed by atoms with van der Waals surface area (Å²) in [4.78, 5) is 47.8. The molecule has 0 aliphatic carbocycles. The molecule has 0 bridgehead atoms. The molecular weight excluding hydrogens is 300 g/mol. The van der Waals surface area contributed by atoms with Gasteiger partial charge in [-0.3, -0.25) is 24.1 Å². The second-order valence-corrected chi connectivity index (χ2v) is 5.16. The van der Waals surface area contributed by atoms with Crippen molar-refractivity contribution in [3.05, 3.63) is 41.5 Å². The highest BCUT2D eigenvalue weighted by Crippen LogP contribution is 2.34. The van der Waals surface area contributed by atoms with Gasteiger partial charge in [-0.2, -0.15) is 0 Å². The maximum atomic E-state index is 12.4. The number of carbonyl (C=O) groups excluding carboxylic acids is 3. The normalized spacial score (nSPS) is 13.3. The topological polar surface area (TPSA) is 104 Å². The average Bonchev–Trinajstić information content (AvgIpc) is 2.49. The van der Waals surface area contributed by atoms with Crippen LogP contribution in [0.5, 0.6) is 0 Å². The van der Waals surface area contributed by atoms with Crippen LogP contribution in [0.4, 0.5) is 5.69 Å². The lowest BCUT2D eigenvalue weighted by Crippen LogP contribution is -2.43. The molecule has 0 aromatic heterocycles. The third-order valence-corrected chi connectivity index (χ3v) is 3.60. The zero-order valence-corrected chi connectivity index (χ0v) is 12.1. The summed E-state index contributed by atoms with van der Waals surface area (Å²) >= 11 is 0. The number of benzene rings is 2. The van der Waals surface area contributed by atoms with E-state index in [-0.39, 0.29) is 17.0 Å². The van der Waals surface area contributed by atoms with Gasteiger partial charge in [-0.15, -0.1) is 0 Å². The Balaban J connectivity index is 2.25. The number of nitrogens with zero attached hydrogens (tertiary/aromatic N) is 1. The largest absolute Gasteiger partial charge is 0.480 e. The third kappa shape index (κ3) is 2.32. The number of aliphatic carboxylic acids is 1. The monoisotopic (exact) mass is 312 g/mol. The number of anilines is 1. The van der Waals surface area contributed by atoms with Crippen LogP contribution in [0.3, 0.4) is 0 Å². The van der Waals surface area contributed by atoms with Crippen molar-refractivity contribution in [2.45, 2.75) is 6.92 Å². The van der Waals surface area contributed by atoms with Gasteiger partial charge < -0.3 is 10.4 Å². The second kappa shape index (κ2) is 5.20. The van der Waals surface area contributed by atoms with Crippen molar-refractivity contribution in [2.75, 3.05) is 11.9 Å². The van der Waals surface area contributed by atoms with Crippen LogP contribution in [-0.4, -0.2) is 40.2 Å². The lowest BCUT2D eigenvalue weighted by Gasteiger charge is -2.26. The first kappa shape index (κ1) is 14.7. The first-order valence-electron chi connectivity index (χ1n) is 6.81. The molecule has 1 aliphatic heterocycles. The van der Waals surface area contributed by atoms with Crippen LogP contribution in [0.2, 0.25) is 0 Å². The molecule has 0 radical (unpaired) electrons. The number of carboxylic acids is 1. The smallest absolute Gasteiger partial charge is 0.323 e. The number of amides is 3. The number of hydrogen-bond acceptors (Lipinski definition) is 4. The second-order valence-electron chi connectivity index (χ2n) is 5.16. The van der Waals surface area contributed by atoms with E-state index in [0.717, 1.165) is 0 Å². The summed E-state index contributed by atoms with van der Waals surface area (Å²) in [5.74, 6) is -2.85. The Kier molecular flexibility index (Phi) is 3.33. The number of carboxylic acid groups (broad SMARTS) is 1. The van der Waals surface area contributed by atoms with E-state index in [0.29, 0.717) is 21.4 Å². The average molecular weight is 312 g/mol. The summed E-state index contributed by atoms with van der Waals surface area (Å²) in [7, 11) is 0. The Morgan fingerprint density at radius 2 is 1.74 bits per heavy atom. The van der Waals surface area contributed by atoms with Gasteiger partial charge in [0.05, 0.1) is 0 Å². The predicted octanol–water partition coefficient (Wildman–Crippen LogP) is 1.48. The third-order valence-electron chi connectivity index (χ3n) is 3.60. The SMILES string of the molecule is CC(=O)Nc1ccc2c3c(cccc13)C(=O)N(CC(=O)O)C2=O. The summed E-state index contributed by atoms with van der Waals surface area (Å²) < 4.78 is 0. The van der Waals surface area contributed by atoms with Crippen LogP contribution in [0, 0.1) is 0 Å². The van der Waals surface area contributed by atoms with Crippen molar-refractivity contribution in [1.29, 1.82) is 0 Å². The molecular formula is C16H12N2O5.